The molecule has 0 spiro atoms. The average molecular weight is 427 g/mol. The third kappa shape index (κ3) is 4.35. The first-order chi connectivity index (χ1) is 12.5. The van der Waals surface area contributed by atoms with Gasteiger partial charge in [-0.25, -0.2) is 18.5 Å². The molecule has 2 aromatic rings. The summed E-state index contributed by atoms with van der Waals surface area (Å²) in [5, 5.41) is -1.09. The highest BCUT2D eigenvalue weighted by molar-refractivity contribution is 8.13. The molecule has 0 saturated heterocycles. The monoisotopic (exact) mass is 426 g/mol. The molecule has 1 aromatic carbocycles. The highest BCUT2D eigenvalue weighted by Gasteiger charge is 2.35. The van der Waals surface area contributed by atoms with Crippen LogP contribution in [0.25, 0.3) is 5.69 Å². The number of thioether (sulfide) groups is 1. The Labute approximate surface area is 158 Å². The van der Waals surface area contributed by atoms with E-state index < -0.39 is 39.9 Å². The van der Waals surface area contributed by atoms with Gasteiger partial charge in [0.25, 0.3) is 5.56 Å². The molecule has 0 aliphatic heterocycles. The zero-order chi connectivity index (χ0) is 20.5. The molecule has 146 valence electrons. The van der Waals surface area contributed by atoms with Gasteiger partial charge in [-0.15, -0.1) is 0 Å². The summed E-state index contributed by atoms with van der Waals surface area (Å²) in [7, 11) is 0.785. The Morgan fingerprint density at radius 2 is 1.89 bits per heavy atom. The van der Waals surface area contributed by atoms with Crippen LogP contribution in [0.1, 0.15) is 12.6 Å². The fourth-order valence-corrected chi connectivity index (χ4v) is 2.70. The van der Waals surface area contributed by atoms with Crippen LogP contribution in [0, 0.1) is 5.82 Å². The zero-order valence-corrected chi connectivity index (χ0v) is 15.3. The van der Waals surface area contributed by atoms with Gasteiger partial charge in [-0.2, -0.15) is 13.2 Å². The first kappa shape index (κ1) is 21.0. The number of hydrogen-bond donors (Lipinski definition) is 0. The van der Waals surface area contributed by atoms with E-state index in [0.717, 1.165) is 24.9 Å². The van der Waals surface area contributed by atoms with E-state index in [0.29, 0.717) is 11.8 Å². The van der Waals surface area contributed by atoms with E-state index in [1.165, 1.54) is 0 Å². The Kier molecular flexibility index (Phi) is 6.05. The lowest BCUT2D eigenvalue weighted by Gasteiger charge is -2.15. The maximum Gasteiger partial charge on any atom is 0.431 e. The van der Waals surface area contributed by atoms with E-state index in [-0.39, 0.29) is 26.0 Å². The second-order valence-electron chi connectivity index (χ2n) is 5.06. The molecule has 0 fully saturated rings. The smallest absolute Gasteiger partial charge is 0.417 e. The Bertz CT molecular complexity index is 1020. The van der Waals surface area contributed by atoms with Crippen molar-refractivity contribution >= 4 is 28.7 Å². The van der Waals surface area contributed by atoms with E-state index in [1.807, 2.05) is 0 Å². The van der Waals surface area contributed by atoms with Crippen molar-refractivity contribution in [1.82, 2.24) is 9.13 Å². The predicted molar refractivity (Wildman–Crippen MR) is 91.4 cm³/mol. The van der Waals surface area contributed by atoms with Crippen LogP contribution in [0.3, 0.4) is 0 Å². The molecule has 6 nitrogen and oxygen atoms in total. The molecule has 0 aliphatic carbocycles. The van der Waals surface area contributed by atoms with Gasteiger partial charge in [-0.05, 0) is 17.8 Å². The SMILES string of the molecule is CCSC(=O)Oc1cc(-n2c(=O)cc(C(F)(F)F)n(C)c2=O)c(F)cc1Cl. The molecule has 27 heavy (non-hydrogen) atoms. The number of halogens is 5. The molecule has 0 amide bonds. The van der Waals surface area contributed by atoms with Crippen LogP contribution in [0.2, 0.25) is 5.02 Å². The van der Waals surface area contributed by atoms with Crippen LogP contribution in [0.15, 0.2) is 27.8 Å². The van der Waals surface area contributed by atoms with Crippen LogP contribution in [-0.4, -0.2) is 20.2 Å². The number of alkyl halides is 3. The van der Waals surface area contributed by atoms with Crippen molar-refractivity contribution in [1.29, 1.82) is 0 Å². The van der Waals surface area contributed by atoms with Gasteiger partial charge < -0.3 is 4.74 Å². The van der Waals surface area contributed by atoms with Crippen LogP contribution in [-0.2, 0) is 13.2 Å². The predicted octanol–water partition coefficient (Wildman–Crippen LogP) is 3.60. The van der Waals surface area contributed by atoms with E-state index in [4.69, 9.17) is 16.3 Å². The summed E-state index contributed by atoms with van der Waals surface area (Å²) in [6.45, 7) is 1.68. The van der Waals surface area contributed by atoms with E-state index >= 15 is 0 Å². The fraction of sp³-hybridized carbons (Fsp3) is 0.267. The molecular weight excluding hydrogens is 416 g/mol. The van der Waals surface area contributed by atoms with Crippen molar-refractivity contribution in [3.63, 3.8) is 0 Å². The van der Waals surface area contributed by atoms with Crippen molar-refractivity contribution in [2.24, 2.45) is 7.05 Å². The molecular formula is C15H11ClF4N2O4S. The third-order valence-electron chi connectivity index (χ3n) is 3.31. The highest BCUT2D eigenvalue weighted by Crippen LogP contribution is 2.31. The molecule has 0 saturated carbocycles. The van der Waals surface area contributed by atoms with E-state index in [2.05, 4.69) is 0 Å². The number of rotatable bonds is 3. The standard InChI is InChI=1S/C15H11ClF4N2O4S/c1-3-27-14(25)26-10-5-9(8(17)4-7(10)16)22-12(23)6-11(15(18,19)20)21(2)13(22)24/h4-6H,3H2,1-2H3. The summed E-state index contributed by atoms with van der Waals surface area (Å²) in [4.78, 5) is 35.9. The minimum atomic E-state index is -4.96. The number of hydrogen-bond acceptors (Lipinski definition) is 5. The second-order valence-corrected chi connectivity index (χ2v) is 6.67. The van der Waals surface area contributed by atoms with Crippen LogP contribution in [0.4, 0.5) is 22.4 Å². The van der Waals surface area contributed by atoms with Crippen molar-refractivity contribution < 1.29 is 27.1 Å². The largest absolute Gasteiger partial charge is 0.431 e. The molecule has 0 N–H and O–H groups in total. The Morgan fingerprint density at radius 3 is 2.44 bits per heavy atom. The van der Waals surface area contributed by atoms with E-state index in [1.54, 1.807) is 6.92 Å². The summed E-state index contributed by atoms with van der Waals surface area (Å²) >= 11 is 6.56. The Morgan fingerprint density at radius 1 is 1.26 bits per heavy atom. The van der Waals surface area contributed by atoms with Crippen molar-refractivity contribution in [2.75, 3.05) is 5.75 Å². The van der Waals surface area contributed by atoms with Gasteiger partial charge in [0.05, 0.1) is 10.7 Å². The summed E-state index contributed by atoms with van der Waals surface area (Å²) in [6, 6.07) is 1.63. The molecule has 0 unspecified atom stereocenters. The third-order valence-corrected chi connectivity index (χ3v) is 4.21. The maximum atomic E-state index is 14.3. The second kappa shape index (κ2) is 7.77. The van der Waals surface area contributed by atoms with Gasteiger partial charge in [0.2, 0.25) is 0 Å². The van der Waals surface area contributed by atoms with Gasteiger partial charge >= 0.3 is 17.2 Å². The molecule has 0 bridgehead atoms. The number of nitrogens with zero attached hydrogens (tertiary/aromatic N) is 2. The molecule has 0 radical (unpaired) electrons. The average Bonchev–Trinajstić information content (AvgIpc) is 2.54. The highest BCUT2D eigenvalue weighted by atomic mass is 35.5. The van der Waals surface area contributed by atoms with Crippen molar-refractivity contribution in [2.45, 2.75) is 13.1 Å². The number of carbonyl (C=O) groups excluding carboxylic acids is 1. The van der Waals surface area contributed by atoms with Gasteiger partial charge in [0.1, 0.15) is 11.5 Å². The first-order valence-electron chi connectivity index (χ1n) is 7.21. The summed E-state index contributed by atoms with van der Waals surface area (Å²) < 4.78 is 58.2. The minimum absolute atomic E-state index is 0.161. The first-order valence-corrected chi connectivity index (χ1v) is 8.58. The maximum absolute atomic E-state index is 14.3. The molecule has 1 aromatic heterocycles. The Hall–Kier alpha value is -2.27. The summed E-state index contributed by atoms with van der Waals surface area (Å²) in [5.74, 6) is -1.14. The number of aromatic nitrogens is 2. The lowest BCUT2D eigenvalue weighted by atomic mass is 10.2. The van der Waals surface area contributed by atoms with Gasteiger partial charge in [0, 0.05) is 24.9 Å². The van der Waals surface area contributed by atoms with Crippen molar-refractivity contribution in [3.8, 4) is 11.4 Å². The van der Waals surface area contributed by atoms with Gasteiger partial charge in [0.15, 0.2) is 5.75 Å². The van der Waals surface area contributed by atoms with E-state index in [9.17, 15) is 31.9 Å². The van der Waals surface area contributed by atoms with Gasteiger partial charge in [-0.1, -0.05) is 18.5 Å². The molecule has 1 heterocycles. The number of carbonyl (C=O) groups is 1. The zero-order valence-electron chi connectivity index (χ0n) is 13.8. The van der Waals surface area contributed by atoms with Crippen molar-refractivity contribution in [3.05, 3.63) is 55.6 Å². The van der Waals surface area contributed by atoms with Crippen LogP contribution >= 0.6 is 23.4 Å². The summed E-state index contributed by atoms with van der Waals surface area (Å²) in [6.07, 6.45) is -4.96. The summed E-state index contributed by atoms with van der Waals surface area (Å²) in [5.41, 5.74) is -5.04. The molecule has 0 aliphatic rings. The minimum Gasteiger partial charge on any atom is -0.417 e. The van der Waals surface area contributed by atoms with Gasteiger partial charge in [-0.3, -0.25) is 9.36 Å². The lowest BCUT2D eigenvalue weighted by molar-refractivity contribution is -0.144. The molecule has 2 rings (SSSR count). The molecule has 12 heteroatoms. The number of ether oxygens (including phenoxy) is 1. The van der Waals surface area contributed by atoms with Crippen LogP contribution in [0.5, 0.6) is 5.75 Å². The lowest BCUT2D eigenvalue weighted by Crippen LogP contribution is -2.41. The normalized spacial score (nSPS) is 11.5. The quantitative estimate of drug-likeness (QED) is 0.554. The van der Waals surface area contributed by atoms with Crippen LogP contribution < -0.4 is 16.0 Å². The number of benzene rings is 1. The molecule has 0 atom stereocenters. The Balaban J connectivity index is 2.69. The fourth-order valence-electron chi connectivity index (χ4n) is 2.12. The topological polar surface area (TPSA) is 70.3 Å².